The van der Waals surface area contributed by atoms with Gasteiger partial charge in [0.25, 0.3) is 0 Å². The first-order valence-corrected chi connectivity index (χ1v) is 7.10. The predicted octanol–water partition coefficient (Wildman–Crippen LogP) is 4.06. The van der Waals surface area contributed by atoms with E-state index in [1.54, 1.807) is 0 Å². The Labute approximate surface area is 119 Å². The van der Waals surface area contributed by atoms with Gasteiger partial charge in [0.05, 0.1) is 8.95 Å². The van der Waals surface area contributed by atoms with E-state index in [4.69, 9.17) is 10.5 Å². The lowest BCUT2D eigenvalue weighted by atomic mass is 10.1. The van der Waals surface area contributed by atoms with Crippen LogP contribution in [0.3, 0.4) is 0 Å². The molecule has 0 aliphatic carbocycles. The van der Waals surface area contributed by atoms with Crippen LogP contribution in [0.25, 0.3) is 0 Å². The van der Waals surface area contributed by atoms with E-state index < -0.39 is 0 Å². The van der Waals surface area contributed by atoms with E-state index in [0.29, 0.717) is 6.61 Å². The van der Waals surface area contributed by atoms with Gasteiger partial charge in [-0.15, -0.1) is 0 Å². The number of benzene rings is 1. The first-order valence-electron chi connectivity index (χ1n) is 5.52. The van der Waals surface area contributed by atoms with Crippen molar-refractivity contribution in [2.45, 2.75) is 26.3 Å². The molecule has 0 fully saturated rings. The van der Waals surface area contributed by atoms with E-state index in [-0.39, 0.29) is 6.04 Å². The van der Waals surface area contributed by atoms with Crippen LogP contribution in [0.15, 0.2) is 33.2 Å². The topological polar surface area (TPSA) is 35.2 Å². The zero-order valence-corrected chi connectivity index (χ0v) is 13.2. The molecule has 1 aromatic carbocycles. The molecule has 0 bridgehead atoms. The first kappa shape index (κ1) is 14.7. The van der Waals surface area contributed by atoms with Gasteiger partial charge in [-0.05, 0) is 69.8 Å². The largest absolute Gasteiger partial charge is 0.487 e. The smallest absolute Gasteiger partial charge is 0.148 e. The van der Waals surface area contributed by atoms with Crippen LogP contribution < -0.4 is 10.5 Å². The summed E-state index contributed by atoms with van der Waals surface area (Å²) in [5.41, 5.74) is 6.98. The first-order chi connectivity index (χ1) is 8.04. The van der Waals surface area contributed by atoms with Crippen LogP contribution in [0, 0.1) is 0 Å². The summed E-state index contributed by atoms with van der Waals surface area (Å²) >= 11 is 7.04. The monoisotopic (exact) mass is 361 g/mol. The predicted molar refractivity (Wildman–Crippen MR) is 79.5 cm³/mol. The van der Waals surface area contributed by atoms with Gasteiger partial charge >= 0.3 is 0 Å². The maximum Gasteiger partial charge on any atom is 0.148 e. The summed E-state index contributed by atoms with van der Waals surface area (Å²) < 4.78 is 7.56. The number of halogens is 2. The molecule has 0 heterocycles. The molecule has 1 unspecified atom stereocenters. The second kappa shape index (κ2) is 7.19. The van der Waals surface area contributed by atoms with E-state index in [9.17, 15) is 0 Å². The van der Waals surface area contributed by atoms with Crippen LogP contribution in [-0.4, -0.2) is 12.6 Å². The molecule has 0 aliphatic heterocycles. The summed E-state index contributed by atoms with van der Waals surface area (Å²) in [6, 6.07) is 4.27. The fourth-order valence-electron chi connectivity index (χ4n) is 1.47. The second-order valence-electron chi connectivity index (χ2n) is 3.95. The fourth-order valence-corrected chi connectivity index (χ4v) is 2.98. The minimum Gasteiger partial charge on any atom is -0.487 e. The zero-order chi connectivity index (χ0) is 12.8. The standard InChI is InChI=1S/C13H17Br2NO/c1-3-4-5-17-13-11(14)7-10(6-9(2)16)8-12(13)15/h3-4,7-9H,5-6,16H2,1-2H3/b4-3+. The summed E-state index contributed by atoms with van der Waals surface area (Å²) in [7, 11) is 0. The molecule has 0 aliphatic rings. The molecule has 1 rings (SSSR count). The molecule has 0 radical (unpaired) electrons. The number of hydrogen-bond donors (Lipinski definition) is 1. The average molecular weight is 363 g/mol. The fraction of sp³-hybridized carbons (Fsp3) is 0.385. The number of allylic oxidation sites excluding steroid dienone is 1. The van der Waals surface area contributed by atoms with Gasteiger partial charge in [-0.1, -0.05) is 12.2 Å². The molecule has 0 spiro atoms. The molecule has 0 saturated heterocycles. The molecule has 2 nitrogen and oxygen atoms in total. The van der Waals surface area contributed by atoms with Crippen LogP contribution >= 0.6 is 31.9 Å². The summed E-state index contributed by atoms with van der Waals surface area (Å²) in [6.07, 6.45) is 4.79. The average Bonchev–Trinajstić information content (AvgIpc) is 2.21. The third kappa shape index (κ3) is 4.82. The number of hydrogen-bond acceptors (Lipinski definition) is 2. The Morgan fingerprint density at radius 3 is 2.41 bits per heavy atom. The Morgan fingerprint density at radius 1 is 1.35 bits per heavy atom. The highest BCUT2D eigenvalue weighted by atomic mass is 79.9. The Morgan fingerprint density at radius 2 is 1.94 bits per heavy atom. The summed E-state index contributed by atoms with van der Waals surface area (Å²) in [4.78, 5) is 0. The molecule has 17 heavy (non-hydrogen) atoms. The highest BCUT2D eigenvalue weighted by Gasteiger charge is 2.09. The normalized spacial score (nSPS) is 13.0. The quantitative estimate of drug-likeness (QED) is 0.801. The van der Waals surface area contributed by atoms with Crippen molar-refractivity contribution in [1.29, 1.82) is 0 Å². The van der Waals surface area contributed by atoms with E-state index in [1.165, 1.54) is 5.56 Å². The molecule has 1 aromatic rings. The van der Waals surface area contributed by atoms with Gasteiger partial charge in [-0.3, -0.25) is 0 Å². The summed E-state index contributed by atoms with van der Waals surface area (Å²) in [6.45, 7) is 4.54. The van der Waals surface area contributed by atoms with Gasteiger partial charge in [-0.2, -0.15) is 0 Å². The molecule has 94 valence electrons. The van der Waals surface area contributed by atoms with Gasteiger partial charge in [0, 0.05) is 6.04 Å². The Bertz CT molecular complexity index is 379. The van der Waals surface area contributed by atoms with Gasteiger partial charge in [0.1, 0.15) is 12.4 Å². The molecule has 0 aromatic heterocycles. The zero-order valence-electron chi connectivity index (χ0n) is 10.0. The second-order valence-corrected chi connectivity index (χ2v) is 5.66. The number of rotatable bonds is 5. The Kier molecular flexibility index (Phi) is 6.23. The van der Waals surface area contributed by atoms with E-state index >= 15 is 0 Å². The van der Waals surface area contributed by atoms with Gasteiger partial charge < -0.3 is 10.5 Å². The van der Waals surface area contributed by atoms with E-state index in [1.807, 2.05) is 26.0 Å². The van der Waals surface area contributed by atoms with Crippen LogP contribution in [-0.2, 0) is 6.42 Å². The van der Waals surface area contributed by atoms with Crippen molar-refractivity contribution >= 4 is 31.9 Å². The maximum absolute atomic E-state index is 5.79. The van der Waals surface area contributed by atoms with Crippen molar-refractivity contribution in [2.24, 2.45) is 5.73 Å². The summed E-state index contributed by atoms with van der Waals surface area (Å²) in [5.74, 6) is 0.830. The maximum atomic E-state index is 5.79. The van der Waals surface area contributed by atoms with Crippen molar-refractivity contribution in [2.75, 3.05) is 6.61 Å². The van der Waals surface area contributed by atoms with Crippen molar-refractivity contribution in [3.63, 3.8) is 0 Å². The van der Waals surface area contributed by atoms with Crippen molar-refractivity contribution in [3.8, 4) is 5.75 Å². The van der Waals surface area contributed by atoms with Crippen LogP contribution in [0.1, 0.15) is 19.4 Å². The lowest BCUT2D eigenvalue weighted by Crippen LogP contribution is -2.17. The highest BCUT2D eigenvalue weighted by Crippen LogP contribution is 2.35. The van der Waals surface area contributed by atoms with Crippen molar-refractivity contribution in [3.05, 3.63) is 38.8 Å². The SMILES string of the molecule is C/C=C/COc1c(Br)cc(CC(C)N)cc1Br. The van der Waals surface area contributed by atoms with Crippen LogP contribution in [0.5, 0.6) is 5.75 Å². The van der Waals surface area contributed by atoms with Gasteiger partial charge in [-0.25, -0.2) is 0 Å². The van der Waals surface area contributed by atoms with Gasteiger partial charge in [0.2, 0.25) is 0 Å². The van der Waals surface area contributed by atoms with E-state index in [0.717, 1.165) is 21.1 Å². The summed E-state index contributed by atoms with van der Waals surface area (Å²) in [5, 5.41) is 0. The Hall–Kier alpha value is -0.320. The highest BCUT2D eigenvalue weighted by molar-refractivity contribution is 9.11. The molecule has 4 heteroatoms. The number of nitrogens with two attached hydrogens (primary N) is 1. The third-order valence-corrected chi connectivity index (χ3v) is 3.35. The van der Waals surface area contributed by atoms with Gasteiger partial charge in [0.15, 0.2) is 0 Å². The van der Waals surface area contributed by atoms with Crippen molar-refractivity contribution in [1.82, 2.24) is 0 Å². The molecule has 0 saturated carbocycles. The molecule has 2 N–H and O–H groups in total. The molecule has 0 amide bonds. The molecular weight excluding hydrogens is 346 g/mol. The minimum atomic E-state index is 0.156. The lowest BCUT2D eigenvalue weighted by molar-refractivity contribution is 0.358. The molecule has 1 atom stereocenters. The molecular formula is C13H17Br2NO. The van der Waals surface area contributed by atoms with Crippen molar-refractivity contribution < 1.29 is 4.74 Å². The lowest BCUT2D eigenvalue weighted by Gasteiger charge is -2.12. The van der Waals surface area contributed by atoms with Crippen LogP contribution in [0.2, 0.25) is 0 Å². The Balaban J connectivity index is 2.86. The van der Waals surface area contributed by atoms with E-state index in [2.05, 4.69) is 44.0 Å². The number of ether oxygens (including phenoxy) is 1. The minimum absolute atomic E-state index is 0.156. The third-order valence-electron chi connectivity index (χ3n) is 2.18. The van der Waals surface area contributed by atoms with Crippen LogP contribution in [0.4, 0.5) is 0 Å².